The van der Waals surface area contributed by atoms with Gasteiger partial charge in [-0.05, 0) is 57.4 Å². The predicted octanol–water partition coefficient (Wildman–Crippen LogP) is 5.25. The molecule has 3 fully saturated rings. The summed E-state index contributed by atoms with van der Waals surface area (Å²) >= 11 is 0. The molecule has 0 aromatic carbocycles. The Balaban J connectivity index is 1.82. The van der Waals surface area contributed by atoms with Crippen molar-refractivity contribution in [2.75, 3.05) is 6.54 Å². The highest BCUT2D eigenvalue weighted by Crippen LogP contribution is 2.50. The topological polar surface area (TPSA) is 3.24 Å². The Hall–Kier alpha value is -0.0400. The van der Waals surface area contributed by atoms with Gasteiger partial charge in [-0.15, -0.1) is 0 Å². The number of hydrogen-bond acceptors (Lipinski definition) is 1. The Morgan fingerprint density at radius 1 is 0.850 bits per heavy atom. The first kappa shape index (κ1) is 14.9. The molecule has 3 atom stereocenters. The number of piperidine rings is 1. The number of nitrogens with zero attached hydrogens (tertiary/aromatic N) is 1. The molecule has 3 rings (SSSR count). The number of hydrogen-bond donors (Lipinski definition) is 0. The number of rotatable bonds is 2. The summed E-state index contributed by atoms with van der Waals surface area (Å²) in [5.74, 6) is 3.13. The molecule has 2 saturated carbocycles. The van der Waals surface area contributed by atoms with Gasteiger partial charge in [0.25, 0.3) is 0 Å². The third-order valence-corrected chi connectivity index (χ3v) is 6.84. The van der Waals surface area contributed by atoms with Crippen molar-refractivity contribution in [3.05, 3.63) is 0 Å². The van der Waals surface area contributed by atoms with E-state index in [9.17, 15) is 0 Å². The van der Waals surface area contributed by atoms with Crippen LogP contribution in [0.2, 0.25) is 0 Å². The lowest BCUT2D eigenvalue weighted by Crippen LogP contribution is -2.61. The zero-order valence-electron chi connectivity index (χ0n) is 14.0. The Morgan fingerprint density at radius 3 is 2.20 bits per heavy atom. The van der Waals surface area contributed by atoms with E-state index < -0.39 is 0 Å². The van der Waals surface area contributed by atoms with Crippen LogP contribution in [-0.2, 0) is 0 Å². The third-order valence-electron chi connectivity index (χ3n) is 6.84. The summed E-state index contributed by atoms with van der Waals surface area (Å²) < 4.78 is 0. The van der Waals surface area contributed by atoms with Gasteiger partial charge in [-0.25, -0.2) is 0 Å². The zero-order valence-corrected chi connectivity index (χ0v) is 14.0. The van der Waals surface area contributed by atoms with Gasteiger partial charge in [0.2, 0.25) is 0 Å². The molecule has 2 aliphatic carbocycles. The first-order chi connectivity index (χ1) is 9.63. The first-order valence-corrected chi connectivity index (χ1v) is 9.40. The summed E-state index contributed by atoms with van der Waals surface area (Å²) in [6.45, 7) is 8.69. The van der Waals surface area contributed by atoms with E-state index in [4.69, 9.17) is 0 Å². The molecule has 1 nitrogen and oxygen atoms in total. The van der Waals surface area contributed by atoms with Crippen LogP contribution in [0.5, 0.6) is 0 Å². The zero-order chi connectivity index (χ0) is 14.2. The van der Waals surface area contributed by atoms with Crippen LogP contribution in [0.4, 0.5) is 0 Å². The third kappa shape index (κ3) is 2.67. The van der Waals surface area contributed by atoms with E-state index in [0.29, 0.717) is 5.54 Å². The van der Waals surface area contributed by atoms with Gasteiger partial charge in [-0.2, -0.15) is 0 Å². The van der Waals surface area contributed by atoms with E-state index in [2.05, 4.69) is 25.7 Å². The van der Waals surface area contributed by atoms with E-state index in [1.165, 1.54) is 70.8 Å². The van der Waals surface area contributed by atoms with Gasteiger partial charge in [-0.1, -0.05) is 51.9 Å². The number of fused-ring (bicyclic) bond motifs is 1. The summed E-state index contributed by atoms with van der Waals surface area (Å²) in [5.41, 5.74) is 0.440. The van der Waals surface area contributed by atoms with Gasteiger partial charge < -0.3 is 0 Å². The summed E-state index contributed by atoms with van der Waals surface area (Å²) in [7, 11) is 0. The summed E-state index contributed by atoms with van der Waals surface area (Å²) in [5, 5.41) is 0. The molecule has 0 aromatic heterocycles. The smallest absolute Gasteiger partial charge is 0.0159 e. The van der Waals surface area contributed by atoms with Crippen molar-refractivity contribution >= 4 is 0 Å². The molecule has 116 valence electrons. The highest BCUT2D eigenvalue weighted by atomic mass is 15.2. The van der Waals surface area contributed by atoms with E-state index in [1.807, 2.05) is 0 Å². The van der Waals surface area contributed by atoms with E-state index >= 15 is 0 Å². The number of likely N-dealkylation sites (tertiary alicyclic amines) is 1. The normalized spacial score (nSPS) is 39.5. The quantitative estimate of drug-likeness (QED) is 0.666. The van der Waals surface area contributed by atoms with Gasteiger partial charge in [-0.3, -0.25) is 4.90 Å². The van der Waals surface area contributed by atoms with Crippen molar-refractivity contribution in [3.8, 4) is 0 Å². The van der Waals surface area contributed by atoms with Crippen LogP contribution in [0.25, 0.3) is 0 Å². The highest BCUT2D eigenvalue weighted by Gasteiger charge is 2.48. The lowest BCUT2D eigenvalue weighted by atomic mass is 9.60. The van der Waals surface area contributed by atoms with Crippen LogP contribution in [0.1, 0.15) is 85.0 Å². The Morgan fingerprint density at radius 2 is 1.50 bits per heavy atom. The molecule has 3 unspecified atom stereocenters. The van der Waals surface area contributed by atoms with Crippen molar-refractivity contribution in [2.24, 2.45) is 17.8 Å². The van der Waals surface area contributed by atoms with Gasteiger partial charge in [0.1, 0.15) is 0 Å². The fraction of sp³-hybridized carbons (Fsp3) is 1.00. The molecule has 1 aliphatic heterocycles. The maximum absolute atomic E-state index is 2.87. The second kappa shape index (κ2) is 5.99. The highest BCUT2D eigenvalue weighted by molar-refractivity contribution is 5.02. The SMILES string of the molecule is CCN1C2CCCCC2C(C2CCCCC2)CC1(C)C. The minimum absolute atomic E-state index is 0.440. The largest absolute Gasteiger partial charge is 0.295 e. The van der Waals surface area contributed by atoms with E-state index in [-0.39, 0.29) is 0 Å². The lowest BCUT2D eigenvalue weighted by molar-refractivity contribution is -0.0798. The molecule has 0 spiro atoms. The maximum atomic E-state index is 2.87. The molecular formula is C19H35N. The second-order valence-electron chi connectivity index (χ2n) is 8.38. The van der Waals surface area contributed by atoms with Crippen molar-refractivity contribution in [1.29, 1.82) is 0 Å². The summed E-state index contributed by atoms with van der Waals surface area (Å²) in [6.07, 6.45) is 15.0. The molecule has 0 amide bonds. The van der Waals surface area contributed by atoms with Crippen molar-refractivity contribution in [2.45, 2.75) is 96.6 Å². The molecule has 1 heteroatoms. The molecule has 20 heavy (non-hydrogen) atoms. The Kier molecular flexibility index (Phi) is 4.45. The lowest BCUT2D eigenvalue weighted by Gasteiger charge is -2.58. The molecule has 3 aliphatic rings. The van der Waals surface area contributed by atoms with Gasteiger partial charge in [0.05, 0.1) is 0 Å². The van der Waals surface area contributed by atoms with Crippen LogP contribution < -0.4 is 0 Å². The minimum atomic E-state index is 0.440. The van der Waals surface area contributed by atoms with E-state index in [0.717, 1.165) is 23.8 Å². The average Bonchev–Trinajstić information content (AvgIpc) is 2.47. The molecule has 0 N–H and O–H groups in total. The van der Waals surface area contributed by atoms with Crippen LogP contribution in [-0.4, -0.2) is 23.0 Å². The maximum Gasteiger partial charge on any atom is 0.0159 e. The first-order valence-electron chi connectivity index (χ1n) is 9.40. The monoisotopic (exact) mass is 277 g/mol. The standard InChI is InChI=1S/C19H35N/c1-4-20-18-13-9-8-12-16(18)17(14-19(20,2)3)15-10-6-5-7-11-15/h15-18H,4-14H2,1-3H3. The van der Waals surface area contributed by atoms with Gasteiger partial charge >= 0.3 is 0 Å². The fourth-order valence-corrected chi connectivity index (χ4v) is 6.06. The molecule has 1 heterocycles. The molecule has 1 saturated heterocycles. The Bertz CT molecular complexity index is 316. The fourth-order valence-electron chi connectivity index (χ4n) is 6.06. The summed E-state index contributed by atoms with van der Waals surface area (Å²) in [4.78, 5) is 2.87. The van der Waals surface area contributed by atoms with E-state index in [1.54, 1.807) is 0 Å². The van der Waals surface area contributed by atoms with Crippen LogP contribution in [0.3, 0.4) is 0 Å². The molecule has 0 aromatic rings. The van der Waals surface area contributed by atoms with Crippen LogP contribution in [0, 0.1) is 17.8 Å². The van der Waals surface area contributed by atoms with Gasteiger partial charge in [0, 0.05) is 11.6 Å². The average molecular weight is 277 g/mol. The van der Waals surface area contributed by atoms with Gasteiger partial charge in [0.15, 0.2) is 0 Å². The summed E-state index contributed by atoms with van der Waals surface area (Å²) in [6, 6.07) is 0.907. The van der Waals surface area contributed by atoms with Crippen molar-refractivity contribution < 1.29 is 0 Å². The second-order valence-corrected chi connectivity index (χ2v) is 8.38. The molecular weight excluding hydrogens is 242 g/mol. The van der Waals surface area contributed by atoms with Crippen LogP contribution >= 0.6 is 0 Å². The Labute approximate surface area is 126 Å². The van der Waals surface area contributed by atoms with Crippen molar-refractivity contribution in [1.82, 2.24) is 4.90 Å². The minimum Gasteiger partial charge on any atom is -0.295 e. The molecule has 0 bridgehead atoms. The van der Waals surface area contributed by atoms with Crippen LogP contribution in [0.15, 0.2) is 0 Å². The molecule has 0 radical (unpaired) electrons. The van der Waals surface area contributed by atoms with Crippen molar-refractivity contribution in [3.63, 3.8) is 0 Å². The predicted molar refractivity (Wildman–Crippen MR) is 86.9 cm³/mol.